The first-order valence-electron chi connectivity index (χ1n) is 10.5. The van der Waals surface area contributed by atoms with Gasteiger partial charge in [-0.25, -0.2) is 4.39 Å². The molecule has 1 aromatic heterocycles. The summed E-state index contributed by atoms with van der Waals surface area (Å²) in [6.45, 7) is 1.98. The molecule has 1 N–H and O–H groups in total. The van der Waals surface area contributed by atoms with E-state index in [1.807, 2.05) is 31.2 Å². The number of methoxy groups -OCH3 is 1. The van der Waals surface area contributed by atoms with Crippen molar-refractivity contribution in [3.05, 3.63) is 90.0 Å². The minimum Gasteiger partial charge on any atom is -0.497 e. The number of rotatable bonds is 9. The predicted molar refractivity (Wildman–Crippen MR) is 129 cm³/mol. The summed E-state index contributed by atoms with van der Waals surface area (Å²) >= 11 is 1.17. The highest BCUT2D eigenvalue weighted by Crippen LogP contribution is 2.26. The Hall–Kier alpha value is -3.85. The van der Waals surface area contributed by atoms with E-state index < -0.39 is 5.82 Å². The van der Waals surface area contributed by atoms with Crippen LogP contribution in [0.3, 0.4) is 0 Å². The van der Waals surface area contributed by atoms with Gasteiger partial charge >= 0.3 is 0 Å². The number of nitrogens with zero attached hydrogens (tertiary/aromatic N) is 3. The van der Waals surface area contributed by atoms with Gasteiger partial charge in [-0.1, -0.05) is 42.1 Å². The third-order valence-electron chi connectivity index (χ3n) is 4.97. The van der Waals surface area contributed by atoms with Gasteiger partial charge in [0.05, 0.1) is 18.6 Å². The van der Waals surface area contributed by atoms with Crippen molar-refractivity contribution in [2.45, 2.75) is 18.7 Å². The molecule has 0 unspecified atom stereocenters. The Morgan fingerprint density at radius 2 is 1.71 bits per heavy atom. The van der Waals surface area contributed by atoms with E-state index in [9.17, 15) is 9.18 Å². The van der Waals surface area contributed by atoms with Gasteiger partial charge in [0.25, 0.3) is 0 Å². The Labute approximate surface area is 200 Å². The van der Waals surface area contributed by atoms with Gasteiger partial charge in [-0.15, -0.1) is 10.2 Å². The normalized spacial score (nSPS) is 10.7. The molecular formula is C25H23FN4O3S. The summed E-state index contributed by atoms with van der Waals surface area (Å²) in [4.78, 5) is 12.5. The van der Waals surface area contributed by atoms with Crippen LogP contribution in [0.4, 0.5) is 10.1 Å². The summed E-state index contributed by atoms with van der Waals surface area (Å²) < 4.78 is 27.2. The van der Waals surface area contributed by atoms with E-state index in [4.69, 9.17) is 9.47 Å². The highest BCUT2D eigenvalue weighted by atomic mass is 32.2. The molecule has 0 fully saturated rings. The van der Waals surface area contributed by atoms with Gasteiger partial charge in [0.2, 0.25) is 5.91 Å². The van der Waals surface area contributed by atoms with E-state index >= 15 is 0 Å². The zero-order valence-electron chi connectivity index (χ0n) is 18.7. The quantitative estimate of drug-likeness (QED) is 0.340. The number of benzene rings is 3. The van der Waals surface area contributed by atoms with Gasteiger partial charge in [-0.05, 0) is 55.0 Å². The average molecular weight is 479 g/mol. The summed E-state index contributed by atoms with van der Waals surface area (Å²) in [6.07, 6.45) is 0. The molecule has 1 heterocycles. The molecule has 9 heteroatoms. The summed E-state index contributed by atoms with van der Waals surface area (Å²) in [5.41, 5.74) is 1.99. The number of halogens is 1. The first-order chi connectivity index (χ1) is 16.5. The zero-order chi connectivity index (χ0) is 23.9. The molecule has 174 valence electrons. The molecule has 0 radical (unpaired) electrons. The molecule has 0 spiro atoms. The van der Waals surface area contributed by atoms with Crippen LogP contribution in [-0.4, -0.2) is 33.5 Å². The second-order valence-corrected chi connectivity index (χ2v) is 8.24. The van der Waals surface area contributed by atoms with Crippen molar-refractivity contribution in [3.8, 4) is 17.2 Å². The molecule has 0 saturated carbocycles. The van der Waals surface area contributed by atoms with Crippen LogP contribution in [0, 0.1) is 12.7 Å². The smallest absolute Gasteiger partial charge is 0.234 e. The Balaban J connectivity index is 1.52. The first kappa shape index (κ1) is 23.3. The van der Waals surface area contributed by atoms with Crippen molar-refractivity contribution in [3.63, 3.8) is 0 Å². The molecule has 0 aliphatic rings. The molecule has 0 saturated heterocycles. The van der Waals surface area contributed by atoms with E-state index in [2.05, 4.69) is 15.5 Å². The van der Waals surface area contributed by atoms with E-state index in [1.54, 1.807) is 54.1 Å². The van der Waals surface area contributed by atoms with Crippen molar-refractivity contribution in [1.82, 2.24) is 14.8 Å². The Morgan fingerprint density at radius 3 is 2.44 bits per heavy atom. The lowest BCUT2D eigenvalue weighted by atomic mass is 10.2. The average Bonchev–Trinajstić information content (AvgIpc) is 3.26. The Morgan fingerprint density at radius 1 is 1.00 bits per heavy atom. The first-order valence-corrected chi connectivity index (χ1v) is 11.5. The highest BCUT2D eigenvalue weighted by Gasteiger charge is 2.19. The van der Waals surface area contributed by atoms with Crippen molar-refractivity contribution >= 4 is 23.4 Å². The number of ether oxygens (including phenoxy) is 2. The molecule has 0 aliphatic carbocycles. The molecule has 7 nitrogen and oxygen atoms in total. The maximum Gasteiger partial charge on any atom is 0.234 e. The monoisotopic (exact) mass is 478 g/mol. The molecular weight excluding hydrogens is 455 g/mol. The molecule has 4 aromatic rings. The topological polar surface area (TPSA) is 78.3 Å². The van der Waals surface area contributed by atoms with Crippen molar-refractivity contribution in [2.24, 2.45) is 0 Å². The van der Waals surface area contributed by atoms with Gasteiger partial charge in [0.1, 0.15) is 23.9 Å². The molecule has 34 heavy (non-hydrogen) atoms. The van der Waals surface area contributed by atoms with E-state index in [1.165, 1.54) is 17.8 Å². The Bertz CT molecular complexity index is 1280. The molecule has 3 aromatic carbocycles. The highest BCUT2D eigenvalue weighted by molar-refractivity contribution is 7.99. The second kappa shape index (κ2) is 10.8. The predicted octanol–water partition coefficient (Wildman–Crippen LogP) is 5.03. The van der Waals surface area contributed by atoms with Crippen LogP contribution in [-0.2, 0) is 11.4 Å². The summed E-state index contributed by atoms with van der Waals surface area (Å²) in [5.74, 6) is 1.18. The number of aryl methyl sites for hydroxylation is 1. The van der Waals surface area contributed by atoms with Gasteiger partial charge in [0.15, 0.2) is 11.0 Å². The number of carbonyl (C=O) groups is 1. The van der Waals surface area contributed by atoms with Crippen LogP contribution in [0.5, 0.6) is 11.5 Å². The molecule has 0 aliphatic heterocycles. The van der Waals surface area contributed by atoms with Gasteiger partial charge < -0.3 is 14.8 Å². The lowest BCUT2D eigenvalue weighted by Gasteiger charge is -2.12. The number of thioether (sulfide) groups is 1. The lowest BCUT2D eigenvalue weighted by molar-refractivity contribution is -0.113. The number of carbonyl (C=O) groups excluding carboxylic acids is 1. The molecule has 0 bridgehead atoms. The van der Waals surface area contributed by atoms with Crippen LogP contribution >= 0.6 is 11.8 Å². The fourth-order valence-corrected chi connectivity index (χ4v) is 3.98. The van der Waals surface area contributed by atoms with E-state index in [-0.39, 0.29) is 24.0 Å². The van der Waals surface area contributed by atoms with Crippen LogP contribution < -0.4 is 14.8 Å². The molecule has 4 rings (SSSR count). The van der Waals surface area contributed by atoms with Crippen molar-refractivity contribution in [2.75, 3.05) is 18.2 Å². The summed E-state index contributed by atoms with van der Waals surface area (Å²) in [7, 11) is 1.59. The third-order valence-corrected chi connectivity index (χ3v) is 5.90. The van der Waals surface area contributed by atoms with Crippen LogP contribution in [0.25, 0.3) is 5.69 Å². The maximum atomic E-state index is 14.7. The fraction of sp³-hybridized carbons (Fsp3) is 0.160. The number of hydrogen-bond donors (Lipinski definition) is 1. The van der Waals surface area contributed by atoms with E-state index in [0.717, 1.165) is 11.3 Å². The van der Waals surface area contributed by atoms with Crippen molar-refractivity contribution < 1.29 is 18.7 Å². The standard InChI is InChI=1S/C25H23FN4O3S/c1-17-7-3-5-9-21(17)27-24(31)16-34-25-29-28-23(30(25)22-10-6-4-8-20(22)26)15-33-19-13-11-18(32-2)12-14-19/h3-14H,15-16H2,1-2H3,(H,27,31). The van der Waals surface area contributed by atoms with Crippen molar-refractivity contribution in [1.29, 1.82) is 0 Å². The number of hydrogen-bond acceptors (Lipinski definition) is 6. The summed E-state index contributed by atoms with van der Waals surface area (Å²) in [5, 5.41) is 11.7. The second-order valence-electron chi connectivity index (χ2n) is 7.30. The SMILES string of the molecule is COc1ccc(OCc2nnc(SCC(=O)Nc3ccccc3C)n2-c2ccccc2F)cc1. The minimum atomic E-state index is -0.431. The van der Waals surface area contributed by atoms with E-state index in [0.29, 0.717) is 22.5 Å². The number of nitrogens with one attached hydrogen (secondary N) is 1. The zero-order valence-corrected chi connectivity index (χ0v) is 19.5. The number of para-hydroxylation sites is 2. The van der Waals surface area contributed by atoms with Gasteiger partial charge in [-0.2, -0.15) is 0 Å². The maximum absolute atomic E-state index is 14.7. The van der Waals surface area contributed by atoms with Gasteiger partial charge in [-0.3, -0.25) is 9.36 Å². The third kappa shape index (κ3) is 5.55. The number of amides is 1. The fourth-order valence-electron chi connectivity index (χ4n) is 3.21. The van der Waals surface area contributed by atoms with Crippen LogP contribution in [0.1, 0.15) is 11.4 Å². The number of anilines is 1. The van der Waals surface area contributed by atoms with Crippen LogP contribution in [0.15, 0.2) is 78.0 Å². The van der Waals surface area contributed by atoms with Crippen LogP contribution in [0.2, 0.25) is 0 Å². The number of aromatic nitrogens is 3. The largest absolute Gasteiger partial charge is 0.497 e. The molecule has 0 atom stereocenters. The summed E-state index contributed by atoms with van der Waals surface area (Å²) in [6, 6.07) is 21.0. The Kier molecular flexibility index (Phi) is 7.44. The lowest BCUT2D eigenvalue weighted by Crippen LogP contribution is -2.15. The van der Waals surface area contributed by atoms with Gasteiger partial charge in [0, 0.05) is 5.69 Å². The molecule has 1 amide bonds. The minimum absolute atomic E-state index is 0.0592.